The van der Waals surface area contributed by atoms with Crippen molar-refractivity contribution in [3.8, 4) is 5.75 Å². The average Bonchev–Trinajstić information content (AvgIpc) is 2.38. The molecule has 0 atom stereocenters. The van der Waals surface area contributed by atoms with Crippen LogP contribution in [-0.4, -0.2) is 4.98 Å². The molecule has 0 aliphatic carbocycles. The smallest absolute Gasteiger partial charge is 0.419 e. The molecular formula is C13H7Cl2F4NO. The number of hydrogen-bond donors (Lipinski definition) is 0. The topological polar surface area (TPSA) is 22.1 Å². The van der Waals surface area contributed by atoms with Crippen molar-refractivity contribution in [2.75, 3.05) is 0 Å². The van der Waals surface area contributed by atoms with Gasteiger partial charge >= 0.3 is 6.18 Å². The van der Waals surface area contributed by atoms with Gasteiger partial charge in [0.15, 0.2) is 0 Å². The van der Waals surface area contributed by atoms with Crippen LogP contribution in [0.25, 0.3) is 0 Å². The zero-order valence-corrected chi connectivity index (χ0v) is 11.7. The number of ether oxygens (including phenoxy) is 1. The van der Waals surface area contributed by atoms with Crippen LogP contribution in [0.3, 0.4) is 0 Å². The van der Waals surface area contributed by atoms with Crippen LogP contribution in [0.15, 0.2) is 30.5 Å². The Hall–Kier alpha value is -1.53. The van der Waals surface area contributed by atoms with Gasteiger partial charge in [-0.05, 0) is 24.3 Å². The van der Waals surface area contributed by atoms with Gasteiger partial charge in [0.25, 0.3) is 0 Å². The van der Waals surface area contributed by atoms with Gasteiger partial charge in [-0.1, -0.05) is 23.2 Å². The summed E-state index contributed by atoms with van der Waals surface area (Å²) in [6.07, 6.45) is -3.44. The minimum absolute atomic E-state index is 0.119. The Morgan fingerprint density at radius 1 is 1.14 bits per heavy atom. The van der Waals surface area contributed by atoms with Crippen molar-refractivity contribution in [2.45, 2.75) is 12.8 Å². The van der Waals surface area contributed by atoms with Gasteiger partial charge in [-0.25, -0.2) is 9.37 Å². The quantitative estimate of drug-likeness (QED) is 0.571. The molecule has 0 bridgehead atoms. The number of rotatable bonds is 3. The molecule has 0 spiro atoms. The van der Waals surface area contributed by atoms with E-state index in [1.54, 1.807) is 0 Å². The molecule has 0 saturated carbocycles. The van der Waals surface area contributed by atoms with Gasteiger partial charge in [-0.2, -0.15) is 13.2 Å². The van der Waals surface area contributed by atoms with Crippen LogP contribution in [0.1, 0.15) is 11.1 Å². The number of halogens is 6. The maximum absolute atomic E-state index is 13.1. The molecular weight excluding hydrogens is 333 g/mol. The largest absolute Gasteiger partial charge is 0.489 e. The first kappa shape index (κ1) is 15.9. The first-order chi connectivity index (χ1) is 9.77. The van der Waals surface area contributed by atoms with Crippen molar-refractivity contribution in [1.82, 2.24) is 4.98 Å². The lowest BCUT2D eigenvalue weighted by atomic mass is 10.2. The molecule has 0 N–H and O–H groups in total. The molecule has 21 heavy (non-hydrogen) atoms. The highest BCUT2D eigenvalue weighted by atomic mass is 35.5. The van der Waals surface area contributed by atoms with Crippen molar-refractivity contribution in [3.05, 3.63) is 57.6 Å². The van der Waals surface area contributed by atoms with Crippen molar-refractivity contribution in [3.63, 3.8) is 0 Å². The Morgan fingerprint density at radius 3 is 2.48 bits per heavy atom. The molecule has 0 saturated heterocycles. The third-order valence-electron chi connectivity index (χ3n) is 2.53. The normalized spacial score (nSPS) is 11.5. The Morgan fingerprint density at radius 2 is 1.86 bits per heavy atom. The molecule has 0 unspecified atom stereocenters. The van der Waals surface area contributed by atoms with Crippen molar-refractivity contribution in [1.29, 1.82) is 0 Å². The molecule has 0 radical (unpaired) electrons. The summed E-state index contributed by atoms with van der Waals surface area (Å²) in [7, 11) is 0. The third-order valence-corrected chi connectivity index (χ3v) is 3.09. The first-order valence-corrected chi connectivity index (χ1v) is 6.32. The van der Waals surface area contributed by atoms with Crippen molar-refractivity contribution >= 4 is 23.2 Å². The number of alkyl halides is 3. The van der Waals surface area contributed by atoms with Crippen LogP contribution in [0.5, 0.6) is 5.75 Å². The Labute approximate surface area is 127 Å². The monoisotopic (exact) mass is 339 g/mol. The highest BCUT2D eigenvalue weighted by molar-refractivity contribution is 6.34. The van der Waals surface area contributed by atoms with Crippen LogP contribution in [0.2, 0.25) is 10.2 Å². The SMILES string of the molecule is Fc1ccc(OCc2cnc(Cl)cc2Cl)cc1C(F)(F)F. The van der Waals surface area contributed by atoms with E-state index in [9.17, 15) is 17.6 Å². The summed E-state index contributed by atoms with van der Waals surface area (Å²) in [5.74, 6) is -1.49. The summed E-state index contributed by atoms with van der Waals surface area (Å²) >= 11 is 11.5. The molecule has 2 aromatic rings. The van der Waals surface area contributed by atoms with E-state index in [1.165, 1.54) is 12.3 Å². The second-order valence-electron chi connectivity index (χ2n) is 4.03. The van der Waals surface area contributed by atoms with Crippen LogP contribution < -0.4 is 4.74 Å². The highest BCUT2D eigenvalue weighted by Crippen LogP contribution is 2.33. The zero-order valence-electron chi connectivity index (χ0n) is 10.2. The summed E-state index contributed by atoms with van der Waals surface area (Å²) < 4.78 is 56.0. The van der Waals surface area contributed by atoms with Gasteiger partial charge in [-0.15, -0.1) is 0 Å². The number of hydrogen-bond acceptors (Lipinski definition) is 2. The van der Waals surface area contributed by atoms with Crippen LogP contribution in [0, 0.1) is 5.82 Å². The molecule has 8 heteroatoms. The summed E-state index contributed by atoms with van der Waals surface area (Å²) in [5.41, 5.74) is -0.945. The molecule has 1 heterocycles. The molecule has 1 aromatic carbocycles. The van der Waals surface area contributed by atoms with Crippen molar-refractivity contribution < 1.29 is 22.3 Å². The predicted molar refractivity (Wildman–Crippen MR) is 70.0 cm³/mol. The summed E-state index contributed by atoms with van der Waals surface area (Å²) in [6.45, 7) is -0.119. The number of pyridine rings is 1. The standard InChI is InChI=1S/C13H7Cl2F4NO/c14-10-4-12(15)20-5-7(10)6-21-8-1-2-11(16)9(3-8)13(17,18)19/h1-5H,6H2. The van der Waals surface area contributed by atoms with Gasteiger partial charge in [0.2, 0.25) is 0 Å². The first-order valence-electron chi connectivity index (χ1n) is 5.57. The van der Waals surface area contributed by atoms with E-state index in [-0.39, 0.29) is 22.5 Å². The zero-order chi connectivity index (χ0) is 15.6. The van der Waals surface area contributed by atoms with Gasteiger partial charge in [0.1, 0.15) is 23.3 Å². The second kappa shape index (κ2) is 6.07. The second-order valence-corrected chi connectivity index (χ2v) is 4.82. The molecule has 0 aliphatic rings. The number of benzene rings is 1. The van der Waals surface area contributed by atoms with E-state index in [4.69, 9.17) is 27.9 Å². The molecule has 2 nitrogen and oxygen atoms in total. The molecule has 2 rings (SSSR count). The van der Waals surface area contributed by atoms with Gasteiger partial charge < -0.3 is 4.74 Å². The molecule has 112 valence electrons. The third kappa shape index (κ3) is 3.98. The maximum Gasteiger partial charge on any atom is 0.419 e. The predicted octanol–water partition coefficient (Wildman–Crippen LogP) is 5.13. The Kier molecular flexibility index (Phi) is 4.58. The molecule has 0 amide bonds. The van der Waals surface area contributed by atoms with E-state index in [1.807, 2.05) is 0 Å². The lowest BCUT2D eigenvalue weighted by Crippen LogP contribution is -2.08. The van der Waals surface area contributed by atoms with E-state index < -0.39 is 17.6 Å². The summed E-state index contributed by atoms with van der Waals surface area (Å²) in [5, 5.41) is 0.457. The Balaban J connectivity index is 2.17. The summed E-state index contributed by atoms with van der Waals surface area (Å²) in [4.78, 5) is 3.78. The highest BCUT2D eigenvalue weighted by Gasteiger charge is 2.34. The van der Waals surface area contributed by atoms with E-state index in [0.717, 1.165) is 6.07 Å². The van der Waals surface area contributed by atoms with E-state index in [2.05, 4.69) is 4.98 Å². The fraction of sp³-hybridized carbons (Fsp3) is 0.154. The molecule has 1 aromatic heterocycles. The minimum Gasteiger partial charge on any atom is -0.489 e. The number of nitrogens with zero attached hydrogens (tertiary/aromatic N) is 1. The van der Waals surface area contributed by atoms with Crippen LogP contribution in [0.4, 0.5) is 17.6 Å². The van der Waals surface area contributed by atoms with Crippen molar-refractivity contribution in [2.24, 2.45) is 0 Å². The van der Waals surface area contributed by atoms with Gasteiger partial charge in [0.05, 0.1) is 10.6 Å². The Bertz CT molecular complexity index is 661. The van der Waals surface area contributed by atoms with E-state index in [0.29, 0.717) is 17.7 Å². The van der Waals surface area contributed by atoms with Gasteiger partial charge in [-0.3, -0.25) is 0 Å². The lowest BCUT2D eigenvalue weighted by Gasteiger charge is -2.11. The minimum atomic E-state index is -4.79. The van der Waals surface area contributed by atoms with E-state index >= 15 is 0 Å². The van der Waals surface area contributed by atoms with Crippen LogP contribution >= 0.6 is 23.2 Å². The lowest BCUT2D eigenvalue weighted by molar-refractivity contribution is -0.140. The average molecular weight is 340 g/mol. The fourth-order valence-electron chi connectivity index (χ4n) is 1.51. The number of aromatic nitrogens is 1. The fourth-order valence-corrected chi connectivity index (χ4v) is 1.93. The maximum atomic E-state index is 13.1. The van der Waals surface area contributed by atoms with Gasteiger partial charge in [0, 0.05) is 11.8 Å². The van der Waals surface area contributed by atoms with Crippen LogP contribution in [-0.2, 0) is 12.8 Å². The summed E-state index contributed by atoms with van der Waals surface area (Å²) in [6, 6.07) is 3.77. The molecule has 0 aliphatic heterocycles. The molecule has 0 fully saturated rings.